The minimum atomic E-state index is -0.534. The van der Waals surface area contributed by atoms with E-state index in [4.69, 9.17) is 4.74 Å². The standard InChI is InChI=1S/C15H17NO4/c1-10(17)8-14(18)20-9-11-2-4-12(5-3-11)15(19)16-13-6-7-13/h2-5,13H,6-9H2,1H3,(H,16,19). The number of carbonyl (C=O) groups excluding carboxylic acids is 3. The van der Waals surface area contributed by atoms with Crippen LogP contribution >= 0.6 is 0 Å². The zero-order chi connectivity index (χ0) is 14.5. The summed E-state index contributed by atoms with van der Waals surface area (Å²) in [6.07, 6.45) is 1.90. The van der Waals surface area contributed by atoms with Gasteiger partial charge in [-0.15, -0.1) is 0 Å². The lowest BCUT2D eigenvalue weighted by Gasteiger charge is -2.06. The molecule has 0 unspecified atom stereocenters. The maximum atomic E-state index is 11.8. The Hall–Kier alpha value is -2.17. The summed E-state index contributed by atoms with van der Waals surface area (Å²) in [5.41, 5.74) is 1.38. The summed E-state index contributed by atoms with van der Waals surface area (Å²) < 4.78 is 4.95. The van der Waals surface area contributed by atoms with Crippen LogP contribution in [0.15, 0.2) is 24.3 Å². The number of ketones is 1. The molecule has 1 aliphatic carbocycles. The summed E-state index contributed by atoms with van der Waals surface area (Å²) in [6.45, 7) is 1.45. The first-order chi connectivity index (χ1) is 9.54. The van der Waals surface area contributed by atoms with Crippen molar-refractivity contribution in [3.63, 3.8) is 0 Å². The van der Waals surface area contributed by atoms with Gasteiger partial charge in [0.25, 0.3) is 5.91 Å². The van der Waals surface area contributed by atoms with Gasteiger partial charge in [0.1, 0.15) is 18.8 Å². The quantitative estimate of drug-likeness (QED) is 0.632. The predicted octanol–water partition coefficient (Wildman–Crippen LogP) is 1.60. The molecule has 0 aliphatic heterocycles. The van der Waals surface area contributed by atoms with Crippen LogP contribution in [0.3, 0.4) is 0 Å². The molecule has 1 N–H and O–H groups in total. The molecule has 0 atom stereocenters. The third kappa shape index (κ3) is 4.50. The second-order valence-corrected chi connectivity index (χ2v) is 4.98. The Morgan fingerprint density at radius 2 is 1.85 bits per heavy atom. The highest BCUT2D eigenvalue weighted by Gasteiger charge is 2.23. The first-order valence-electron chi connectivity index (χ1n) is 6.59. The van der Waals surface area contributed by atoms with Crippen molar-refractivity contribution < 1.29 is 19.1 Å². The van der Waals surface area contributed by atoms with E-state index in [9.17, 15) is 14.4 Å². The summed E-state index contributed by atoms with van der Waals surface area (Å²) >= 11 is 0. The Kier molecular flexibility index (Phi) is 4.50. The number of benzene rings is 1. The van der Waals surface area contributed by atoms with Crippen molar-refractivity contribution in [1.82, 2.24) is 5.32 Å². The molecule has 1 amide bonds. The van der Waals surface area contributed by atoms with Crippen LogP contribution in [0.2, 0.25) is 0 Å². The van der Waals surface area contributed by atoms with Crippen molar-refractivity contribution >= 4 is 17.7 Å². The Morgan fingerprint density at radius 3 is 2.40 bits per heavy atom. The molecule has 0 saturated heterocycles. The van der Waals surface area contributed by atoms with Crippen molar-refractivity contribution in [2.24, 2.45) is 0 Å². The second kappa shape index (κ2) is 6.32. The molecule has 0 aromatic heterocycles. The molecule has 0 radical (unpaired) electrons. The number of ether oxygens (including phenoxy) is 1. The van der Waals surface area contributed by atoms with Crippen molar-refractivity contribution in [2.75, 3.05) is 0 Å². The Bertz CT molecular complexity index is 517. The first kappa shape index (κ1) is 14.2. The molecule has 0 bridgehead atoms. The van der Waals surface area contributed by atoms with Gasteiger partial charge in [-0.1, -0.05) is 12.1 Å². The molecule has 106 valence electrons. The molecule has 1 saturated carbocycles. The van der Waals surface area contributed by atoms with Crippen LogP contribution in [-0.2, 0) is 20.9 Å². The second-order valence-electron chi connectivity index (χ2n) is 4.98. The van der Waals surface area contributed by atoms with Gasteiger partial charge in [0.05, 0.1) is 0 Å². The van der Waals surface area contributed by atoms with Gasteiger partial charge in [0.15, 0.2) is 0 Å². The van der Waals surface area contributed by atoms with E-state index in [1.807, 2.05) is 0 Å². The Labute approximate surface area is 117 Å². The van der Waals surface area contributed by atoms with Gasteiger partial charge in [-0.2, -0.15) is 0 Å². The summed E-state index contributed by atoms with van der Waals surface area (Å²) in [4.78, 5) is 33.7. The normalized spacial score (nSPS) is 13.7. The van der Waals surface area contributed by atoms with Crippen LogP contribution in [0.5, 0.6) is 0 Å². The molecule has 1 aromatic carbocycles. The first-order valence-corrected chi connectivity index (χ1v) is 6.59. The highest BCUT2D eigenvalue weighted by molar-refractivity contribution is 5.95. The predicted molar refractivity (Wildman–Crippen MR) is 72.0 cm³/mol. The number of hydrogen-bond acceptors (Lipinski definition) is 4. The summed E-state index contributed by atoms with van der Waals surface area (Å²) in [5, 5.41) is 2.90. The average Bonchev–Trinajstić information content (AvgIpc) is 3.20. The van der Waals surface area contributed by atoms with Gasteiger partial charge in [0, 0.05) is 11.6 Å². The largest absolute Gasteiger partial charge is 0.460 e. The molecular weight excluding hydrogens is 258 g/mol. The molecule has 5 heteroatoms. The van der Waals surface area contributed by atoms with Gasteiger partial charge in [-0.05, 0) is 37.5 Å². The summed E-state index contributed by atoms with van der Waals surface area (Å²) in [5.74, 6) is -0.831. The van der Waals surface area contributed by atoms with Gasteiger partial charge < -0.3 is 10.1 Å². The van der Waals surface area contributed by atoms with Gasteiger partial charge in [-0.3, -0.25) is 14.4 Å². The van der Waals surface area contributed by atoms with Gasteiger partial charge >= 0.3 is 5.97 Å². The molecule has 5 nitrogen and oxygen atoms in total. The fourth-order valence-corrected chi connectivity index (χ4v) is 1.67. The maximum absolute atomic E-state index is 11.8. The Morgan fingerprint density at radius 1 is 1.20 bits per heavy atom. The van der Waals surface area contributed by atoms with Crippen molar-refractivity contribution in [2.45, 2.75) is 38.8 Å². The van der Waals surface area contributed by atoms with Gasteiger partial charge in [-0.25, -0.2) is 0 Å². The van der Waals surface area contributed by atoms with Crippen molar-refractivity contribution in [3.8, 4) is 0 Å². The average molecular weight is 275 g/mol. The van der Waals surface area contributed by atoms with Crippen molar-refractivity contribution in [1.29, 1.82) is 0 Å². The van der Waals surface area contributed by atoms with E-state index in [-0.39, 0.29) is 24.7 Å². The molecule has 20 heavy (non-hydrogen) atoms. The molecule has 1 fully saturated rings. The van der Waals surface area contributed by atoms with Crippen molar-refractivity contribution in [3.05, 3.63) is 35.4 Å². The van der Waals surface area contributed by atoms with E-state index in [1.165, 1.54) is 6.92 Å². The van der Waals surface area contributed by atoms with E-state index < -0.39 is 5.97 Å². The lowest BCUT2D eigenvalue weighted by molar-refractivity contribution is -0.146. The lowest BCUT2D eigenvalue weighted by atomic mass is 10.1. The number of esters is 1. The fourth-order valence-electron chi connectivity index (χ4n) is 1.67. The Balaban J connectivity index is 1.83. The molecule has 1 aliphatic rings. The summed E-state index contributed by atoms with van der Waals surface area (Å²) in [6, 6.07) is 7.21. The van der Waals surface area contributed by atoms with Gasteiger partial charge in [0.2, 0.25) is 0 Å². The lowest BCUT2D eigenvalue weighted by Crippen LogP contribution is -2.25. The van der Waals surface area contributed by atoms with E-state index in [0.717, 1.165) is 18.4 Å². The van der Waals surface area contributed by atoms with E-state index in [1.54, 1.807) is 24.3 Å². The number of hydrogen-bond donors (Lipinski definition) is 1. The zero-order valence-corrected chi connectivity index (χ0v) is 11.3. The highest BCUT2D eigenvalue weighted by atomic mass is 16.5. The van der Waals surface area contributed by atoms with Crippen LogP contribution in [0.4, 0.5) is 0 Å². The molecule has 2 rings (SSSR count). The maximum Gasteiger partial charge on any atom is 0.313 e. The van der Waals surface area contributed by atoms with Crippen LogP contribution in [0.1, 0.15) is 42.1 Å². The van der Waals surface area contributed by atoms with E-state index in [0.29, 0.717) is 11.6 Å². The van der Waals surface area contributed by atoms with Crippen LogP contribution in [0.25, 0.3) is 0 Å². The van der Waals surface area contributed by atoms with Crippen LogP contribution in [0, 0.1) is 0 Å². The molecular formula is C15H17NO4. The minimum Gasteiger partial charge on any atom is -0.460 e. The number of carbonyl (C=O) groups is 3. The number of rotatable bonds is 6. The zero-order valence-electron chi connectivity index (χ0n) is 11.3. The third-order valence-corrected chi connectivity index (χ3v) is 2.92. The molecule has 1 aromatic rings. The molecule has 0 spiro atoms. The number of Topliss-reactive ketones (excluding diaryl/α,β-unsaturated/α-hetero) is 1. The van der Waals surface area contributed by atoms with Crippen LogP contribution in [-0.4, -0.2) is 23.7 Å². The SMILES string of the molecule is CC(=O)CC(=O)OCc1ccc(C(=O)NC2CC2)cc1. The number of nitrogens with one attached hydrogen (secondary N) is 1. The third-order valence-electron chi connectivity index (χ3n) is 2.92. The minimum absolute atomic E-state index is 0.0763. The summed E-state index contributed by atoms with van der Waals surface area (Å²) in [7, 11) is 0. The van der Waals surface area contributed by atoms with Crippen LogP contribution < -0.4 is 5.32 Å². The van der Waals surface area contributed by atoms with E-state index in [2.05, 4.69) is 5.32 Å². The monoisotopic (exact) mass is 275 g/mol. The highest BCUT2D eigenvalue weighted by Crippen LogP contribution is 2.19. The fraction of sp³-hybridized carbons (Fsp3) is 0.400. The smallest absolute Gasteiger partial charge is 0.313 e. The number of amides is 1. The van der Waals surface area contributed by atoms with E-state index >= 15 is 0 Å². The topological polar surface area (TPSA) is 72.5 Å². The molecule has 0 heterocycles.